The SMILES string of the molecule is CC1(CNC(=O)CC2Sc3ccc(Cl)cc3NC2=O)CCNCC1. The number of anilines is 1. The van der Waals surface area contributed by atoms with Crippen LogP contribution in [0, 0.1) is 5.41 Å². The molecule has 1 fully saturated rings. The van der Waals surface area contributed by atoms with Gasteiger partial charge in [-0.2, -0.15) is 0 Å². The molecule has 1 saturated heterocycles. The Hall–Kier alpha value is -1.24. The van der Waals surface area contributed by atoms with E-state index < -0.39 is 5.25 Å². The molecule has 7 heteroatoms. The molecule has 130 valence electrons. The smallest absolute Gasteiger partial charge is 0.238 e. The van der Waals surface area contributed by atoms with E-state index in [2.05, 4.69) is 22.9 Å². The molecule has 0 aliphatic carbocycles. The molecule has 0 saturated carbocycles. The Morgan fingerprint density at radius 2 is 2.17 bits per heavy atom. The summed E-state index contributed by atoms with van der Waals surface area (Å²) >= 11 is 7.37. The molecular formula is C17H22ClN3O2S. The molecule has 0 bridgehead atoms. The second-order valence-corrected chi connectivity index (χ2v) is 8.46. The van der Waals surface area contributed by atoms with E-state index in [0.29, 0.717) is 11.6 Å². The topological polar surface area (TPSA) is 70.2 Å². The summed E-state index contributed by atoms with van der Waals surface area (Å²) in [5.74, 6) is -0.210. The van der Waals surface area contributed by atoms with E-state index >= 15 is 0 Å². The lowest BCUT2D eigenvalue weighted by Gasteiger charge is -2.34. The maximum Gasteiger partial charge on any atom is 0.238 e. The van der Waals surface area contributed by atoms with Crippen molar-refractivity contribution in [2.24, 2.45) is 5.41 Å². The number of rotatable bonds is 4. The third-order valence-electron chi connectivity index (χ3n) is 4.65. The summed E-state index contributed by atoms with van der Waals surface area (Å²) in [6.07, 6.45) is 2.30. The Morgan fingerprint density at radius 1 is 1.42 bits per heavy atom. The highest BCUT2D eigenvalue weighted by molar-refractivity contribution is 8.01. The molecule has 2 amide bonds. The quantitative estimate of drug-likeness (QED) is 0.765. The number of hydrogen-bond donors (Lipinski definition) is 3. The normalized spacial score (nSPS) is 22.4. The van der Waals surface area contributed by atoms with Crippen molar-refractivity contribution in [1.29, 1.82) is 0 Å². The number of fused-ring (bicyclic) bond motifs is 1. The van der Waals surface area contributed by atoms with Crippen LogP contribution >= 0.6 is 23.4 Å². The van der Waals surface area contributed by atoms with Crippen molar-refractivity contribution >= 4 is 40.9 Å². The lowest BCUT2D eigenvalue weighted by molar-refractivity contribution is -0.124. The lowest BCUT2D eigenvalue weighted by atomic mass is 9.81. The minimum Gasteiger partial charge on any atom is -0.356 e. The van der Waals surface area contributed by atoms with E-state index in [1.807, 2.05) is 6.07 Å². The molecule has 0 radical (unpaired) electrons. The fourth-order valence-corrected chi connectivity index (χ4v) is 4.28. The van der Waals surface area contributed by atoms with Crippen molar-refractivity contribution in [2.75, 3.05) is 25.0 Å². The van der Waals surface area contributed by atoms with Gasteiger partial charge < -0.3 is 16.0 Å². The number of carbonyl (C=O) groups excluding carboxylic acids is 2. The number of nitrogens with one attached hydrogen (secondary N) is 3. The van der Waals surface area contributed by atoms with Crippen molar-refractivity contribution in [3.05, 3.63) is 23.2 Å². The Labute approximate surface area is 151 Å². The molecule has 3 rings (SSSR count). The van der Waals surface area contributed by atoms with Gasteiger partial charge in [-0.1, -0.05) is 18.5 Å². The van der Waals surface area contributed by atoms with Gasteiger partial charge in [-0.15, -0.1) is 11.8 Å². The van der Waals surface area contributed by atoms with Crippen LogP contribution in [0.15, 0.2) is 23.1 Å². The Balaban J connectivity index is 1.54. The zero-order chi connectivity index (χ0) is 17.2. The fraction of sp³-hybridized carbons (Fsp3) is 0.529. The molecule has 1 unspecified atom stereocenters. The van der Waals surface area contributed by atoms with Gasteiger partial charge in [0.2, 0.25) is 11.8 Å². The van der Waals surface area contributed by atoms with Gasteiger partial charge in [0.05, 0.1) is 10.9 Å². The first-order chi connectivity index (χ1) is 11.5. The molecule has 1 atom stereocenters. The molecule has 1 aromatic rings. The number of carbonyl (C=O) groups is 2. The van der Waals surface area contributed by atoms with Crippen molar-refractivity contribution in [1.82, 2.24) is 10.6 Å². The molecule has 3 N–H and O–H groups in total. The minimum atomic E-state index is -0.403. The highest BCUT2D eigenvalue weighted by Gasteiger charge is 2.31. The number of thioether (sulfide) groups is 1. The fourth-order valence-electron chi connectivity index (χ4n) is 3.02. The predicted molar refractivity (Wildman–Crippen MR) is 97.6 cm³/mol. The molecule has 2 heterocycles. The van der Waals surface area contributed by atoms with Crippen LogP contribution in [0.5, 0.6) is 0 Å². The predicted octanol–water partition coefficient (Wildman–Crippen LogP) is 2.65. The summed E-state index contributed by atoms with van der Waals surface area (Å²) in [6, 6.07) is 5.40. The van der Waals surface area contributed by atoms with Gasteiger partial charge in [0, 0.05) is 22.9 Å². The van der Waals surface area contributed by atoms with Gasteiger partial charge in [-0.05, 0) is 49.5 Å². The Morgan fingerprint density at radius 3 is 2.92 bits per heavy atom. The second kappa shape index (κ2) is 7.33. The second-order valence-electron chi connectivity index (χ2n) is 6.78. The molecule has 1 aromatic carbocycles. The summed E-state index contributed by atoms with van der Waals surface area (Å²) in [4.78, 5) is 25.4. The summed E-state index contributed by atoms with van der Waals surface area (Å²) in [7, 11) is 0. The van der Waals surface area contributed by atoms with Gasteiger partial charge in [0.15, 0.2) is 0 Å². The van der Waals surface area contributed by atoms with Crippen LogP contribution in [-0.4, -0.2) is 36.7 Å². The van der Waals surface area contributed by atoms with Crippen LogP contribution < -0.4 is 16.0 Å². The zero-order valence-electron chi connectivity index (χ0n) is 13.7. The largest absolute Gasteiger partial charge is 0.356 e. The molecule has 2 aliphatic rings. The maximum absolute atomic E-state index is 12.3. The summed E-state index contributed by atoms with van der Waals surface area (Å²) in [6.45, 7) is 4.86. The van der Waals surface area contributed by atoms with E-state index in [0.717, 1.165) is 36.5 Å². The van der Waals surface area contributed by atoms with Crippen LogP contribution in [0.3, 0.4) is 0 Å². The summed E-state index contributed by atoms with van der Waals surface area (Å²) in [5.41, 5.74) is 0.864. The monoisotopic (exact) mass is 367 g/mol. The highest BCUT2D eigenvalue weighted by atomic mass is 35.5. The third kappa shape index (κ3) is 4.23. The number of hydrogen-bond acceptors (Lipinski definition) is 4. The van der Waals surface area contributed by atoms with E-state index in [9.17, 15) is 9.59 Å². The first-order valence-electron chi connectivity index (χ1n) is 8.20. The standard InChI is InChI=1S/C17H22ClN3O2S/c1-17(4-6-19-7-5-17)10-20-15(22)9-14-16(23)21-12-8-11(18)2-3-13(12)24-14/h2-3,8,14,19H,4-7,9-10H2,1H3,(H,20,22)(H,21,23). The molecule has 0 aromatic heterocycles. The van der Waals surface area contributed by atoms with Crippen LogP contribution in [-0.2, 0) is 9.59 Å². The molecule has 0 spiro atoms. The summed E-state index contributed by atoms with van der Waals surface area (Å²) < 4.78 is 0. The first-order valence-corrected chi connectivity index (χ1v) is 9.45. The minimum absolute atomic E-state index is 0.0696. The molecule has 24 heavy (non-hydrogen) atoms. The van der Waals surface area contributed by atoms with E-state index in [1.54, 1.807) is 12.1 Å². The van der Waals surface area contributed by atoms with Gasteiger partial charge in [0.1, 0.15) is 0 Å². The molecular weight excluding hydrogens is 346 g/mol. The zero-order valence-corrected chi connectivity index (χ0v) is 15.2. The van der Waals surface area contributed by atoms with Crippen molar-refractivity contribution in [3.8, 4) is 0 Å². The average Bonchev–Trinajstić information content (AvgIpc) is 2.55. The van der Waals surface area contributed by atoms with Gasteiger partial charge in [0.25, 0.3) is 0 Å². The van der Waals surface area contributed by atoms with Gasteiger partial charge >= 0.3 is 0 Å². The highest BCUT2D eigenvalue weighted by Crippen LogP contribution is 2.38. The van der Waals surface area contributed by atoms with Crippen LogP contribution in [0.2, 0.25) is 5.02 Å². The van der Waals surface area contributed by atoms with Crippen LogP contribution in [0.4, 0.5) is 5.69 Å². The number of amides is 2. The van der Waals surface area contributed by atoms with Crippen molar-refractivity contribution in [3.63, 3.8) is 0 Å². The first kappa shape index (κ1) is 17.6. The molecule has 2 aliphatic heterocycles. The Bertz CT molecular complexity index is 647. The van der Waals surface area contributed by atoms with Crippen molar-refractivity contribution in [2.45, 2.75) is 36.3 Å². The maximum atomic E-state index is 12.3. The van der Waals surface area contributed by atoms with Crippen LogP contribution in [0.25, 0.3) is 0 Å². The Kier molecular flexibility index (Phi) is 5.37. The van der Waals surface area contributed by atoms with Gasteiger partial charge in [-0.3, -0.25) is 9.59 Å². The van der Waals surface area contributed by atoms with E-state index in [-0.39, 0.29) is 23.7 Å². The van der Waals surface area contributed by atoms with Gasteiger partial charge in [-0.25, -0.2) is 0 Å². The number of halogens is 1. The summed E-state index contributed by atoms with van der Waals surface area (Å²) in [5, 5.41) is 9.36. The average molecular weight is 368 g/mol. The number of piperidine rings is 1. The molecule has 5 nitrogen and oxygen atoms in total. The number of benzene rings is 1. The van der Waals surface area contributed by atoms with E-state index in [4.69, 9.17) is 11.6 Å². The van der Waals surface area contributed by atoms with Crippen LogP contribution in [0.1, 0.15) is 26.2 Å². The third-order valence-corrected chi connectivity index (χ3v) is 6.17. The van der Waals surface area contributed by atoms with Crippen molar-refractivity contribution < 1.29 is 9.59 Å². The van der Waals surface area contributed by atoms with E-state index in [1.165, 1.54) is 11.8 Å². The lowest BCUT2D eigenvalue weighted by Crippen LogP contribution is -2.44.